The number of rotatable bonds is 24. The Morgan fingerprint density at radius 3 is 1.88 bits per heavy atom. The summed E-state index contributed by atoms with van der Waals surface area (Å²) in [6, 6.07) is 40.5. The van der Waals surface area contributed by atoms with E-state index in [2.05, 4.69) is 41.2 Å². The topological polar surface area (TPSA) is 152 Å². The largest absolute Gasteiger partial charge is 0.489 e. The molecule has 332 valence electrons. The fraction of sp³-hybridized carbons (Fsp3) is 0.283. The number of hydrogen-bond donors (Lipinski definition) is 4. The van der Waals surface area contributed by atoms with Gasteiger partial charge >= 0.3 is 12.1 Å². The number of hydrogen-bond acceptors (Lipinski definition) is 8. The Morgan fingerprint density at radius 1 is 0.656 bits per heavy atom. The maximum absolute atomic E-state index is 13.9. The van der Waals surface area contributed by atoms with E-state index in [0.29, 0.717) is 31.6 Å². The highest BCUT2D eigenvalue weighted by atomic mass is 16.6. The zero-order valence-corrected chi connectivity index (χ0v) is 36.0. The zero-order valence-electron chi connectivity index (χ0n) is 36.0. The molecular weight excluding hydrogens is 807 g/mol. The zero-order chi connectivity index (χ0) is 45.1. The molecule has 0 radical (unpaired) electrons. The molecule has 5 aromatic carbocycles. The molecule has 0 fully saturated rings. The third-order valence-electron chi connectivity index (χ3n) is 11.2. The van der Waals surface area contributed by atoms with E-state index in [9.17, 15) is 24.3 Å². The first-order chi connectivity index (χ1) is 31.2. The minimum Gasteiger partial charge on any atom is -0.489 e. The van der Waals surface area contributed by atoms with Crippen molar-refractivity contribution in [3.63, 3.8) is 0 Å². The third-order valence-corrected chi connectivity index (χ3v) is 11.2. The lowest BCUT2D eigenvalue weighted by Crippen LogP contribution is -2.47. The number of amides is 3. The highest BCUT2D eigenvalue weighted by Gasteiger charge is 2.31. The Balaban J connectivity index is 1.03. The van der Waals surface area contributed by atoms with Crippen molar-refractivity contribution in [3.05, 3.63) is 187 Å². The van der Waals surface area contributed by atoms with Gasteiger partial charge in [-0.05, 0) is 83.2 Å². The summed E-state index contributed by atoms with van der Waals surface area (Å²) in [5.74, 6) is -1.75. The van der Waals surface area contributed by atoms with Gasteiger partial charge in [0.25, 0.3) is 0 Å². The summed E-state index contributed by atoms with van der Waals surface area (Å²) in [5.41, 5.74) is 7.18. The number of aliphatic hydroxyl groups excluding tert-OH is 1. The number of alkyl carbamates (subject to hydrolysis) is 1. The maximum atomic E-state index is 13.9. The summed E-state index contributed by atoms with van der Waals surface area (Å²) in [5, 5.41) is 18.7. The molecular formula is C53H57N3O8. The maximum Gasteiger partial charge on any atom is 0.407 e. The van der Waals surface area contributed by atoms with Gasteiger partial charge in [0.2, 0.25) is 11.8 Å². The molecule has 1 aliphatic carbocycles. The van der Waals surface area contributed by atoms with Gasteiger partial charge in [-0.1, -0.05) is 133 Å². The minimum absolute atomic E-state index is 0.0817. The summed E-state index contributed by atoms with van der Waals surface area (Å²) < 4.78 is 17.4. The fourth-order valence-corrected chi connectivity index (χ4v) is 7.87. The number of benzene rings is 5. The van der Waals surface area contributed by atoms with Crippen molar-refractivity contribution in [2.45, 2.75) is 69.2 Å². The lowest BCUT2D eigenvalue weighted by molar-refractivity contribution is -0.147. The average molecular weight is 864 g/mol. The number of carbonyl (C=O) groups is 4. The fourth-order valence-electron chi connectivity index (χ4n) is 7.87. The van der Waals surface area contributed by atoms with E-state index in [1.807, 2.05) is 121 Å². The van der Waals surface area contributed by atoms with Gasteiger partial charge in [-0.15, -0.1) is 13.2 Å². The molecule has 4 unspecified atom stereocenters. The second-order valence-corrected chi connectivity index (χ2v) is 15.9. The van der Waals surface area contributed by atoms with E-state index in [0.717, 1.165) is 38.9 Å². The molecule has 0 aromatic heterocycles. The lowest BCUT2D eigenvalue weighted by Gasteiger charge is -2.24. The van der Waals surface area contributed by atoms with Gasteiger partial charge in [0.05, 0.1) is 24.6 Å². The first-order valence-corrected chi connectivity index (χ1v) is 21.7. The Labute approximate surface area is 375 Å². The van der Waals surface area contributed by atoms with Gasteiger partial charge in [-0.2, -0.15) is 0 Å². The second-order valence-electron chi connectivity index (χ2n) is 15.9. The first-order valence-electron chi connectivity index (χ1n) is 21.7. The van der Waals surface area contributed by atoms with Gasteiger partial charge in [-0.3, -0.25) is 9.59 Å². The van der Waals surface area contributed by atoms with Crippen molar-refractivity contribution < 1.29 is 38.5 Å². The van der Waals surface area contributed by atoms with Crippen LogP contribution in [0.25, 0.3) is 11.1 Å². The predicted octanol–water partition coefficient (Wildman–Crippen LogP) is 8.01. The van der Waals surface area contributed by atoms with Crippen LogP contribution in [0.3, 0.4) is 0 Å². The molecule has 6 rings (SSSR count). The number of nitrogens with one attached hydrogen (secondary N) is 3. The van der Waals surface area contributed by atoms with Crippen LogP contribution in [0.2, 0.25) is 0 Å². The molecule has 1 aliphatic rings. The third kappa shape index (κ3) is 13.5. The Kier molecular flexibility index (Phi) is 17.5. The summed E-state index contributed by atoms with van der Waals surface area (Å²) >= 11 is 0. The highest BCUT2D eigenvalue weighted by Crippen LogP contribution is 2.44. The smallest absolute Gasteiger partial charge is 0.407 e. The molecule has 4 N–H and O–H groups in total. The van der Waals surface area contributed by atoms with E-state index in [1.54, 1.807) is 12.2 Å². The van der Waals surface area contributed by atoms with Crippen molar-refractivity contribution >= 4 is 23.9 Å². The second kappa shape index (κ2) is 24.0. The number of aliphatic hydroxyl groups is 1. The van der Waals surface area contributed by atoms with E-state index in [-0.39, 0.29) is 45.0 Å². The van der Waals surface area contributed by atoms with Gasteiger partial charge in [0, 0.05) is 12.3 Å². The molecule has 11 heteroatoms. The van der Waals surface area contributed by atoms with Crippen LogP contribution < -0.4 is 20.7 Å². The minimum atomic E-state index is -1.04. The standard InChI is InChI=1S/C53H57N3O8/c1-3-5-25-49(56-53(61)64-36-48-46-23-14-12-21-44(46)45-22-13-15-24-47(45)48)52(60)63-35-42(31-37-17-8-6-9-18-37)55-51(59)40(16-4-2)32-50(58)54-41(33-57)30-38-26-28-43(29-27-38)62-34-39-19-10-7-11-20-39/h3-4,6-15,17-24,26-29,40-42,48-49,57H,1-2,5,16,25,30-36H2,(H,54,58)(H,55,59)(H,56,61). The van der Waals surface area contributed by atoms with Gasteiger partial charge in [0.15, 0.2) is 0 Å². The molecule has 4 atom stereocenters. The van der Waals surface area contributed by atoms with E-state index < -0.39 is 47.9 Å². The number of allylic oxidation sites excluding steroid dienone is 2. The van der Waals surface area contributed by atoms with Crippen LogP contribution in [0.4, 0.5) is 4.79 Å². The number of ether oxygens (including phenoxy) is 3. The van der Waals surface area contributed by atoms with Gasteiger partial charge in [0.1, 0.15) is 31.6 Å². The molecule has 0 heterocycles. The van der Waals surface area contributed by atoms with Crippen molar-refractivity contribution in [1.29, 1.82) is 0 Å². The van der Waals surface area contributed by atoms with Crippen molar-refractivity contribution in [1.82, 2.24) is 16.0 Å². The predicted molar refractivity (Wildman–Crippen MR) is 247 cm³/mol. The van der Waals surface area contributed by atoms with E-state index >= 15 is 0 Å². The van der Waals surface area contributed by atoms with Crippen LogP contribution in [0.5, 0.6) is 5.75 Å². The average Bonchev–Trinajstić information content (AvgIpc) is 3.64. The summed E-state index contributed by atoms with van der Waals surface area (Å²) in [4.78, 5) is 54.1. The van der Waals surface area contributed by atoms with Crippen LogP contribution in [-0.4, -0.2) is 66.9 Å². The van der Waals surface area contributed by atoms with Crippen LogP contribution in [-0.2, 0) is 43.3 Å². The number of esters is 1. The summed E-state index contributed by atoms with van der Waals surface area (Å²) in [6.45, 7) is 7.59. The summed E-state index contributed by atoms with van der Waals surface area (Å²) in [7, 11) is 0. The molecule has 0 saturated heterocycles. The molecule has 0 aliphatic heterocycles. The van der Waals surface area contributed by atoms with Crippen molar-refractivity contribution in [2.24, 2.45) is 5.92 Å². The SMILES string of the molecule is C=CCCC(NC(=O)OCC1c2ccccc2-c2ccccc21)C(=O)OCC(Cc1ccccc1)NC(=O)C(CC=C)CC(=O)NC(CO)Cc1ccc(OCc2ccccc2)cc1. The normalized spacial score (nSPS) is 13.5. The molecule has 11 nitrogen and oxygen atoms in total. The summed E-state index contributed by atoms with van der Waals surface area (Å²) in [6.07, 6.45) is 3.87. The molecule has 64 heavy (non-hydrogen) atoms. The monoisotopic (exact) mass is 863 g/mol. The molecule has 0 spiro atoms. The Bertz CT molecular complexity index is 2270. The molecule has 5 aromatic rings. The highest BCUT2D eigenvalue weighted by molar-refractivity contribution is 5.86. The lowest BCUT2D eigenvalue weighted by atomic mass is 9.98. The molecule has 3 amide bonds. The Morgan fingerprint density at radius 2 is 1.25 bits per heavy atom. The van der Waals surface area contributed by atoms with Gasteiger partial charge < -0.3 is 35.3 Å². The van der Waals surface area contributed by atoms with Crippen LogP contribution in [0.1, 0.15) is 59.4 Å². The number of carbonyl (C=O) groups excluding carboxylic acids is 4. The van der Waals surface area contributed by atoms with Gasteiger partial charge in [-0.25, -0.2) is 9.59 Å². The van der Waals surface area contributed by atoms with Crippen molar-refractivity contribution in [2.75, 3.05) is 19.8 Å². The van der Waals surface area contributed by atoms with Crippen LogP contribution in [0, 0.1) is 5.92 Å². The quantitative estimate of drug-likeness (QED) is 0.0360. The first kappa shape index (κ1) is 46.5. The van der Waals surface area contributed by atoms with E-state index in [4.69, 9.17) is 14.2 Å². The number of fused-ring (bicyclic) bond motifs is 3. The van der Waals surface area contributed by atoms with Crippen LogP contribution >= 0.6 is 0 Å². The van der Waals surface area contributed by atoms with Crippen molar-refractivity contribution in [3.8, 4) is 16.9 Å². The van der Waals surface area contributed by atoms with E-state index in [1.165, 1.54) is 0 Å². The molecule has 0 saturated carbocycles. The Hall–Kier alpha value is -6.98. The van der Waals surface area contributed by atoms with Crippen LogP contribution in [0.15, 0.2) is 159 Å². The molecule has 0 bridgehead atoms.